The standard InChI is InChI=1S/C11H17N3O4/c1-4-5-11(2,12-3)9-13-7(6-18-9)8(15)14-10(16)17/h6,12H,4-5H2,1-3H3,(H,14,15)(H,16,17). The van der Waals surface area contributed by atoms with E-state index in [-0.39, 0.29) is 5.69 Å². The van der Waals surface area contributed by atoms with Gasteiger partial charge in [0, 0.05) is 0 Å². The molecule has 0 aliphatic carbocycles. The van der Waals surface area contributed by atoms with E-state index in [0.717, 1.165) is 19.1 Å². The van der Waals surface area contributed by atoms with Crippen LogP contribution in [0.3, 0.4) is 0 Å². The van der Waals surface area contributed by atoms with E-state index >= 15 is 0 Å². The van der Waals surface area contributed by atoms with Crippen LogP contribution in [-0.4, -0.2) is 29.1 Å². The van der Waals surface area contributed by atoms with Crippen LogP contribution in [0.5, 0.6) is 0 Å². The fraction of sp³-hybridized carbons (Fsp3) is 0.545. The van der Waals surface area contributed by atoms with Crippen LogP contribution >= 0.6 is 0 Å². The van der Waals surface area contributed by atoms with Gasteiger partial charge < -0.3 is 14.8 Å². The lowest BCUT2D eigenvalue weighted by molar-refractivity contribution is 0.0943. The minimum Gasteiger partial charge on any atom is -0.465 e. The zero-order valence-electron chi connectivity index (χ0n) is 10.6. The summed E-state index contributed by atoms with van der Waals surface area (Å²) in [5.74, 6) is -0.435. The molecule has 1 unspecified atom stereocenters. The third-order valence-corrected chi connectivity index (χ3v) is 2.73. The van der Waals surface area contributed by atoms with Gasteiger partial charge in [-0.3, -0.25) is 10.1 Å². The van der Waals surface area contributed by atoms with E-state index in [1.165, 1.54) is 0 Å². The quantitative estimate of drug-likeness (QED) is 0.732. The van der Waals surface area contributed by atoms with Crippen molar-refractivity contribution >= 4 is 12.0 Å². The van der Waals surface area contributed by atoms with Crippen molar-refractivity contribution in [1.82, 2.24) is 15.6 Å². The molecule has 0 saturated heterocycles. The Kier molecular flexibility index (Phi) is 4.43. The summed E-state index contributed by atoms with van der Waals surface area (Å²) < 4.78 is 5.25. The molecule has 0 fully saturated rings. The molecule has 0 saturated carbocycles. The first-order valence-corrected chi connectivity index (χ1v) is 5.62. The Morgan fingerprint density at radius 1 is 1.56 bits per heavy atom. The van der Waals surface area contributed by atoms with Crippen LogP contribution in [0.4, 0.5) is 4.79 Å². The number of nitrogens with zero attached hydrogens (tertiary/aromatic N) is 1. The number of rotatable bonds is 5. The highest BCUT2D eigenvalue weighted by atomic mass is 16.4. The highest BCUT2D eigenvalue weighted by Gasteiger charge is 2.30. The molecule has 7 nitrogen and oxygen atoms in total. The lowest BCUT2D eigenvalue weighted by Gasteiger charge is -2.24. The Balaban J connectivity index is 2.91. The predicted molar refractivity (Wildman–Crippen MR) is 63.3 cm³/mol. The maximum Gasteiger partial charge on any atom is 0.411 e. The Morgan fingerprint density at radius 2 is 2.22 bits per heavy atom. The lowest BCUT2D eigenvalue weighted by atomic mass is 9.96. The largest absolute Gasteiger partial charge is 0.465 e. The number of oxazole rings is 1. The fourth-order valence-electron chi connectivity index (χ4n) is 1.63. The molecule has 0 aliphatic heterocycles. The second-order valence-electron chi connectivity index (χ2n) is 4.13. The van der Waals surface area contributed by atoms with E-state index in [9.17, 15) is 9.59 Å². The summed E-state index contributed by atoms with van der Waals surface area (Å²) in [5.41, 5.74) is -0.527. The average molecular weight is 255 g/mol. The van der Waals surface area contributed by atoms with Crippen molar-refractivity contribution in [2.24, 2.45) is 0 Å². The van der Waals surface area contributed by atoms with Crippen LogP contribution < -0.4 is 10.6 Å². The van der Waals surface area contributed by atoms with E-state index < -0.39 is 17.5 Å². The fourth-order valence-corrected chi connectivity index (χ4v) is 1.63. The molecule has 1 aromatic heterocycles. The monoisotopic (exact) mass is 255 g/mol. The number of amides is 2. The summed E-state index contributed by atoms with van der Waals surface area (Å²) in [6, 6.07) is 0. The highest BCUT2D eigenvalue weighted by Crippen LogP contribution is 2.24. The molecule has 100 valence electrons. The summed E-state index contributed by atoms with van der Waals surface area (Å²) in [6.45, 7) is 3.93. The summed E-state index contributed by atoms with van der Waals surface area (Å²) in [6.07, 6.45) is 1.42. The van der Waals surface area contributed by atoms with Crippen molar-refractivity contribution in [2.75, 3.05) is 7.05 Å². The molecule has 0 aromatic carbocycles. The first kappa shape index (κ1) is 14.2. The highest BCUT2D eigenvalue weighted by molar-refractivity contribution is 6.00. The van der Waals surface area contributed by atoms with Gasteiger partial charge in [0.05, 0.1) is 5.54 Å². The molecule has 7 heteroatoms. The van der Waals surface area contributed by atoms with Crippen molar-refractivity contribution in [3.05, 3.63) is 17.8 Å². The number of hydrogen-bond donors (Lipinski definition) is 3. The molecule has 0 spiro atoms. The topological polar surface area (TPSA) is 104 Å². The van der Waals surface area contributed by atoms with Crippen LogP contribution in [0.2, 0.25) is 0 Å². The molecule has 1 aromatic rings. The SMILES string of the molecule is CCCC(C)(NC)c1nc(C(=O)NC(=O)O)co1. The lowest BCUT2D eigenvalue weighted by Crippen LogP contribution is -2.37. The molecule has 1 heterocycles. The van der Waals surface area contributed by atoms with E-state index in [1.54, 1.807) is 12.4 Å². The Labute approximate surface area is 105 Å². The van der Waals surface area contributed by atoms with Gasteiger partial charge in [0.1, 0.15) is 6.26 Å². The Bertz CT molecular complexity index is 443. The predicted octanol–water partition coefficient (Wildman–Crippen LogP) is 1.32. The zero-order chi connectivity index (χ0) is 13.8. The van der Waals surface area contributed by atoms with Crippen molar-refractivity contribution in [3.63, 3.8) is 0 Å². The number of nitrogens with one attached hydrogen (secondary N) is 2. The van der Waals surface area contributed by atoms with Gasteiger partial charge in [0.2, 0.25) is 5.89 Å². The molecular formula is C11H17N3O4. The van der Waals surface area contributed by atoms with Crippen molar-refractivity contribution in [3.8, 4) is 0 Å². The van der Waals surface area contributed by atoms with Gasteiger partial charge in [0.25, 0.3) is 5.91 Å². The van der Waals surface area contributed by atoms with Gasteiger partial charge >= 0.3 is 6.09 Å². The van der Waals surface area contributed by atoms with E-state index in [0.29, 0.717) is 5.89 Å². The molecule has 2 amide bonds. The molecule has 18 heavy (non-hydrogen) atoms. The van der Waals surface area contributed by atoms with Crippen LogP contribution in [-0.2, 0) is 5.54 Å². The zero-order valence-corrected chi connectivity index (χ0v) is 10.6. The summed E-state index contributed by atoms with van der Waals surface area (Å²) in [5, 5.41) is 13.2. The van der Waals surface area contributed by atoms with Gasteiger partial charge in [-0.1, -0.05) is 13.3 Å². The average Bonchev–Trinajstić information content (AvgIpc) is 2.78. The molecule has 1 atom stereocenters. The minimum absolute atomic E-state index is 0.0509. The van der Waals surface area contributed by atoms with E-state index in [4.69, 9.17) is 9.52 Å². The third-order valence-electron chi connectivity index (χ3n) is 2.73. The Morgan fingerprint density at radius 3 is 2.72 bits per heavy atom. The summed E-state index contributed by atoms with van der Waals surface area (Å²) in [4.78, 5) is 25.8. The van der Waals surface area contributed by atoms with Crippen LogP contribution in [0.25, 0.3) is 0 Å². The Hall–Kier alpha value is -1.89. The van der Waals surface area contributed by atoms with Crippen LogP contribution in [0.15, 0.2) is 10.7 Å². The number of carbonyl (C=O) groups is 2. The number of aromatic nitrogens is 1. The minimum atomic E-state index is -1.42. The molecule has 0 bridgehead atoms. The van der Waals surface area contributed by atoms with Crippen molar-refractivity contribution in [2.45, 2.75) is 32.2 Å². The number of carboxylic acid groups (broad SMARTS) is 1. The van der Waals surface area contributed by atoms with Crippen LogP contribution in [0.1, 0.15) is 43.1 Å². The first-order valence-electron chi connectivity index (χ1n) is 5.62. The van der Waals surface area contributed by atoms with Crippen molar-refractivity contribution in [1.29, 1.82) is 0 Å². The van der Waals surface area contributed by atoms with E-state index in [2.05, 4.69) is 10.3 Å². The van der Waals surface area contributed by atoms with Crippen molar-refractivity contribution < 1.29 is 19.1 Å². The number of hydrogen-bond acceptors (Lipinski definition) is 5. The second-order valence-corrected chi connectivity index (χ2v) is 4.13. The maximum absolute atomic E-state index is 11.4. The molecule has 3 N–H and O–H groups in total. The molecule has 0 aliphatic rings. The molecule has 1 rings (SSSR count). The number of carbonyl (C=O) groups excluding carboxylic acids is 1. The van der Waals surface area contributed by atoms with Gasteiger partial charge in [-0.2, -0.15) is 0 Å². The maximum atomic E-state index is 11.4. The smallest absolute Gasteiger partial charge is 0.411 e. The molecular weight excluding hydrogens is 238 g/mol. The number of imide groups is 1. The van der Waals surface area contributed by atoms with Gasteiger partial charge in [-0.15, -0.1) is 0 Å². The molecule has 0 radical (unpaired) electrons. The summed E-state index contributed by atoms with van der Waals surface area (Å²) >= 11 is 0. The second kappa shape index (κ2) is 5.63. The summed E-state index contributed by atoms with van der Waals surface area (Å²) in [7, 11) is 1.77. The normalized spacial score (nSPS) is 13.9. The first-order chi connectivity index (χ1) is 8.42. The van der Waals surface area contributed by atoms with Gasteiger partial charge in [0.15, 0.2) is 5.69 Å². The van der Waals surface area contributed by atoms with Gasteiger partial charge in [-0.25, -0.2) is 9.78 Å². The van der Waals surface area contributed by atoms with Crippen LogP contribution in [0, 0.1) is 0 Å². The van der Waals surface area contributed by atoms with E-state index in [1.807, 2.05) is 13.8 Å². The third kappa shape index (κ3) is 3.07. The van der Waals surface area contributed by atoms with Gasteiger partial charge in [-0.05, 0) is 20.4 Å².